The van der Waals surface area contributed by atoms with E-state index >= 15 is 0 Å². The van der Waals surface area contributed by atoms with Gasteiger partial charge in [-0.25, -0.2) is 4.79 Å². The van der Waals surface area contributed by atoms with E-state index in [2.05, 4.69) is 5.32 Å². The predicted molar refractivity (Wildman–Crippen MR) is 86.5 cm³/mol. The van der Waals surface area contributed by atoms with Crippen LogP contribution in [0, 0.1) is 0 Å². The number of hydrogen-bond acceptors (Lipinski definition) is 4. The van der Waals surface area contributed by atoms with E-state index < -0.39 is 6.09 Å². The lowest BCUT2D eigenvalue weighted by Gasteiger charge is -2.33. The van der Waals surface area contributed by atoms with Crippen molar-refractivity contribution in [3.63, 3.8) is 0 Å². The Balaban J connectivity index is 1.92. The molecule has 1 saturated heterocycles. The van der Waals surface area contributed by atoms with Gasteiger partial charge in [0.1, 0.15) is 5.75 Å². The number of likely N-dealkylation sites (tertiary alicyclic amines) is 1. The number of nitrogens with zero attached hydrogens (tertiary/aromatic N) is 1. The first-order valence-electron chi connectivity index (χ1n) is 7.97. The highest BCUT2D eigenvalue weighted by Crippen LogP contribution is 2.19. The summed E-state index contributed by atoms with van der Waals surface area (Å²) in [4.78, 5) is 25.8. The van der Waals surface area contributed by atoms with Crippen LogP contribution in [-0.4, -0.2) is 49.7 Å². The lowest BCUT2D eigenvalue weighted by Crippen LogP contribution is -2.50. The van der Waals surface area contributed by atoms with Gasteiger partial charge in [0.25, 0.3) is 0 Å². The van der Waals surface area contributed by atoms with E-state index in [4.69, 9.17) is 9.47 Å². The third-order valence-corrected chi connectivity index (χ3v) is 3.91. The lowest BCUT2D eigenvalue weighted by molar-refractivity contribution is -0.131. The molecule has 1 N–H and O–H groups in total. The lowest BCUT2D eigenvalue weighted by atomic mass is 10.0. The molecule has 23 heavy (non-hydrogen) atoms. The molecule has 6 nitrogen and oxygen atoms in total. The molecule has 1 atom stereocenters. The Bertz CT molecular complexity index is 547. The molecule has 0 radical (unpaired) electrons. The molecule has 6 heteroatoms. The van der Waals surface area contributed by atoms with Crippen molar-refractivity contribution in [1.82, 2.24) is 10.2 Å². The maximum Gasteiger partial charge on any atom is 0.407 e. The van der Waals surface area contributed by atoms with Crippen LogP contribution in [0.15, 0.2) is 24.3 Å². The molecule has 2 rings (SSSR count). The molecule has 1 fully saturated rings. The molecular formula is C17H24N2O4. The molecule has 1 aliphatic rings. The number of methoxy groups -OCH3 is 1. The van der Waals surface area contributed by atoms with E-state index in [1.54, 1.807) is 18.9 Å². The van der Waals surface area contributed by atoms with Crippen molar-refractivity contribution < 1.29 is 19.1 Å². The third-order valence-electron chi connectivity index (χ3n) is 3.91. The van der Waals surface area contributed by atoms with E-state index in [0.29, 0.717) is 19.6 Å². The zero-order valence-electron chi connectivity index (χ0n) is 13.7. The molecule has 126 valence electrons. The van der Waals surface area contributed by atoms with Gasteiger partial charge in [-0.1, -0.05) is 18.2 Å². The Morgan fingerprint density at radius 1 is 1.35 bits per heavy atom. The number of carbonyl (C=O) groups excluding carboxylic acids is 2. The van der Waals surface area contributed by atoms with E-state index in [1.165, 1.54) is 0 Å². The number of carbonyl (C=O) groups is 2. The minimum absolute atomic E-state index is 0.0462. The Hall–Kier alpha value is -2.24. The Labute approximate surface area is 136 Å². The minimum atomic E-state index is -0.420. The van der Waals surface area contributed by atoms with Gasteiger partial charge in [0.05, 0.1) is 20.1 Å². The van der Waals surface area contributed by atoms with Gasteiger partial charge in [-0.3, -0.25) is 4.79 Å². The normalized spacial score (nSPS) is 17.5. The smallest absolute Gasteiger partial charge is 0.407 e. The van der Waals surface area contributed by atoms with Gasteiger partial charge in [0.15, 0.2) is 0 Å². The number of amides is 2. The molecular weight excluding hydrogens is 296 g/mol. The van der Waals surface area contributed by atoms with Crippen molar-refractivity contribution >= 4 is 12.0 Å². The quantitative estimate of drug-likeness (QED) is 0.901. The molecule has 1 aromatic carbocycles. The van der Waals surface area contributed by atoms with Crippen LogP contribution in [0.5, 0.6) is 5.75 Å². The molecule has 1 aliphatic heterocycles. The minimum Gasteiger partial charge on any atom is -0.496 e. The van der Waals surface area contributed by atoms with Crippen LogP contribution < -0.4 is 10.1 Å². The van der Waals surface area contributed by atoms with E-state index in [-0.39, 0.29) is 11.9 Å². The number of nitrogens with one attached hydrogen (secondary N) is 1. The first kappa shape index (κ1) is 17.1. The highest BCUT2D eigenvalue weighted by molar-refractivity contribution is 5.79. The molecule has 1 aromatic rings. The van der Waals surface area contributed by atoms with Gasteiger partial charge in [-0.15, -0.1) is 0 Å². The number of benzene rings is 1. The molecule has 0 bridgehead atoms. The summed E-state index contributed by atoms with van der Waals surface area (Å²) in [6.45, 7) is 3.35. The van der Waals surface area contributed by atoms with Crippen LogP contribution >= 0.6 is 0 Å². The molecule has 0 aromatic heterocycles. The van der Waals surface area contributed by atoms with Gasteiger partial charge in [0.2, 0.25) is 5.91 Å². The van der Waals surface area contributed by atoms with E-state index in [0.717, 1.165) is 30.7 Å². The summed E-state index contributed by atoms with van der Waals surface area (Å²) < 4.78 is 10.2. The van der Waals surface area contributed by atoms with Crippen molar-refractivity contribution in [2.75, 3.05) is 26.8 Å². The number of ether oxygens (including phenoxy) is 2. The Morgan fingerprint density at radius 2 is 2.13 bits per heavy atom. The van der Waals surface area contributed by atoms with Crippen molar-refractivity contribution in [1.29, 1.82) is 0 Å². The number of piperidine rings is 1. The number of alkyl carbamates (subject to hydrolysis) is 1. The zero-order chi connectivity index (χ0) is 16.7. The van der Waals surface area contributed by atoms with Crippen molar-refractivity contribution in [2.45, 2.75) is 32.2 Å². The number of rotatable bonds is 5. The summed E-state index contributed by atoms with van der Waals surface area (Å²) >= 11 is 0. The average molecular weight is 320 g/mol. The summed E-state index contributed by atoms with van der Waals surface area (Å²) in [6.07, 6.45) is 1.61. The first-order chi connectivity index (χ1) is 11.1. The van der Waals surface area contributed by atoms with Crippen molar-refractivity contribution in [3.8, 4) is 5.75 Å². The molecule has 2 amide bonds. The van der Waals surface area contributed by atoms with Gasteiger partial charge in [0, 0.05) is 24.7 Å². The summed E-state index contributed by atoms with van der Waals surface area (Å²) in [5, 5.41) is 2.81. The largest absolute Gasteiger partial charge is 0.496 e. The standard InChI is InChI=1S/C17H24N2O4/c1-3-23-17(21)18-14-8-6-10-19(12-14)16(20)11-13-7-4-5-9-15(13)22-2/h4-5,7,9,14H,3,6,8,10-12H2,1-2H3,(H,18,21). The van der Waals surface area contributed by atoms with Gasteiger partial charge < -0.3 is 19.7 Å². The molecule has 0 saturated carbocycles. The fourth-order valence-corrected chi connectivity index (χ4v) is 2.78. The summed E-state index contributed by atoms with van der Waals surface area (Å²) in [5.74, 6) is 0.768. The molecule has 0 aliphatic carbocycles. The van der Waals surface area contributed by atoms with Crippen LogP contribution in [0.3, 0.4) is 0 Å². The topological polar surface area (TPSA) is 67.9 Å². The number of hydrogen-bond donors (Lipinski definition) is 1. The van der Waals surface area contributed by atoms with Gasteiger partial charge in [-0.05, 0) is 25.8 Å². The predicted octanol–water partition coefficient (Wildman–Crippen LogP) is 1.97. The number of para-hydroxylation sites is 1. The maximum absolute atomic E-state index is 12.5. The van der Waals surface area contributed by atoms with Crippen LogP contribution in [-0.2, 0) is 16.0 Å². The fourth-order valence-electron chi connectivity index (χ4n) is 2.78. The fraction of sp³-hybridized carbons (Fsp3) is 0.529. The van der Waals surface area contributed by atoms with Gasteiger partial charge >= 0.3 is 6.09 Å². The second kappa shape index (κ2) is 8.41. The zero-order valence-corrected chi connectivity index (χ0v) is 13.7. The Morgan fingerprint density at radius 3 is 2.87 bits per heavy atom. The van der Waals surface area contributed by atoms with Crippen molar-refractivity contribution in [2.24, 2.45) is 0 Å². The monoisotopic (exact) mass is 320 g/mol. The third kappa shape index (κ3) is 4.87. The van der Waals surface area contributed by atoms with Gasteiger partial charge in [-0.2, -0.15) is 0 Å². The van der Waals surface area contributed by atoms with Crippen LogP contribution in [0.25, 0.3) is 0 Å². The first-order valence-corrected chi connectivity index (χ1v) is 7.97. The maximum atomic E-state index is 12.5. The average Bonchev–Trinajstić information content (AvgIpc) is 2.55. The summed E-state index contributed by atoms with van der Waals surface area (Å²) in [6, 6.07) is 7.47. The molecule has 1 unspecified atom stereocenters. The molecule has 0 spiro atoms. The van der Waals surface area contributed by atoms with Crippen LogP contribution in [0.2, 0.25) is 0 Å². The second-order valence-electron chi connectivity index (χ2n) is 5.53. The summed E-state index contributed by atoms with van der Waals surface area (Å²) in [7, 11) is 1.60. The highest BCUT2D eigenvalue weighted by atomic mass is 16.5. The highest BCUT2D eigenvalue weighted by Gasteiger charge is 2.25. The van der Waals surface area contributed by atoms with E-state index in [9.17, 15) is 9.59 Å². The van der Waals surface area contributed by atoms with Crippen LogP contribution in [0.1, 0.15) is 25.3 Å². The Kier molecular flexibility index (Phi) is 6.26. The summed E-state index contributed by atoms with van der Waals surface area (Å²) in [5.41, 5.74) is 0.875. The van der Waals surface area contributed by atoms with Crippen LogP contribution in [0.4, 0.5) is 4.79 Å². The van der Waals surface area contributed by atoms with Crippen molar-refractivity contribution in [3.05, 3.63) is 29.8 Å². The molecule has 1 heterocycles. The second-order valence-corrected chi connectivity index (χ2v) is 5.53. The van der Waals surface area contributed by atoms with E-state index in [1.807, 2.05) is 24.3 Å². The SMILES string of the molecule is CCOC(=O)NC1CCCN(C(=O)Cc2ccccc2OC)C1.